The largest absolute Gasteiger partial charge is 0.365 e. The molecule has 0 radical (unpaired) electrons. The third kappa shape index (κ3) is 3.03. The number of aromatic nitrogens is 3. The minimum Gasteiger partial charge on any atom is -0.365 e. The van der Waals surface area contributed by atoms with Crippen molar-refractivity contribution in [3.8, 4) is 0 Å². The topological polar surface area (TPSA) is 83.0 Å². The number of amides is 1. The zero-order chi connectivity index (χ0) is 19.0. The van der Waals surface area contributed by atoms with E-state index in [4.69, 9.17) is 0 Å². The highest BCUT2D eigenvalue weighted by Crippen LogP contribution is 2.36. The molecule has 1 amide bonds. The first-order chi connectivity index (χ1) is 13.7. The van der Waals surface area contributed by atoms with E-state index in [0.29, 0.717) is 12.0 Å². The maximum Gasteiger partial charge on any atom is 0.240 e. The molecule has 0 spiro atoms. The molecule has 2 aromatic rings. The van der Waals surface area contributed by atoms with Crippen molar-refractivity contribution in [2.45, 2.75) is 43.7 Å². The number of hydrogen-bond acceptors (Lipinski definition) is 6. The third-order valence-electron chi connectivity index (χ3n) is 6.52. The number of hydrogen-bond donors (Lipinski definition) is 2. The molecule has 1 aliphatic carbocycles. The maximum atomic E-state index is 12.9. The van der Waals surface area contributed by atoms with Crippen LogP contribution in [0.5, 0.6) is 0 Å². The normalized spacial score (nSPS) is 29.3. The van der Waals surface area contributed by atoms with Gasteiger partial charge in [-0.25, -0.2) is 9.97 Å². The molecule has 0 aromatic carbocycles. The first-order valence-corrected chi connectivity index (χ1v) is 10.3. The van der Waals surface area contributed by atoms with E-state index in [2.05, 4.69) is 42.6 Å². The number of carbonyl (C=O) groups is 1. The Bertz CT molecular complexity index is 903. The van der Waals surface area contributed by atoms with Crippen molar-refractivity contribution < 1.29 is 4.79 Å². The monoisotopic (exact) mass is 378 g/mol. The molecule has 3 aliphatic rings. The SMILES string of the molecule is O=C(NCC1CC(Nc2ncnc3cccnc23)C1)C12CC=CCN1CCC2. The second-order valence-corrected chi connectivity index (χ2v) is 8.24. The number of anilines is 1. The second-order valence-electron chi connectivity index (χ2n) is 8.24. The van der Waals surface area contributed by atoms with Crippen molar-refractivity contribution in [2.75, 3.05) is 25.0 Å². The van der Waals surface area contributed by atoms with Gasteiger partial charge in [0.25, 0.3) is 0 Å². The molecule has 7 heteroatoms. The summed E-state index contributed by atoms with van der Waals surface area (Å²) in [7, 11) is 0. The standard InChI is InChI=1S/C21H26N6O/c28-20(21-6-1-2-9-27(21)10-4-7-21)23-13-15-11-16(12-15)26-19-18-17(24-14-25-19)5-3-8-22-18/h1-3,5,8,14-16H,4,6-7,9-13H2,(H,23,28)(H,24,25,26). The van der Waals surface area contributed by atoms with E-state index in [-0.39, 0.29) is 11.4 Å². The van der Waals surface area contributed by atoms with E-state index >= 15 is 0 Å². The van der Waals surface area contributed by atoms with E-state index < -0.39 is 0 Å². The fourth-order valence-electron chi connectivity index (χ4n) is 4.88. The molecule has 2 N–H and O–H groups in total. The molecule has 1 saturated heterocycles. The summed E-state index contributed by atoms with van der Waals surface area (Å²) >= 11 is 0. The smallest absolute Gasteiger partial charge is 0.240 e. The minimum atomic E-state index is -0.290. The van der Waals surface area contributed by atoms with Gasteiger partial charge in [0.1, 0.15) is 17.4 Å². The summed E-state index contributed by atoms with van der Waals surface area (Å²) in [6.07, 6.45) is 12.7. The lowest BCUT2D eigenvalue weighted by Crippen LogP contribution is -2.57. The molecule has 7 nitrogen and oxygen atoms in total. The van der Waals surface area contributed by atoms with Gasteiger partial charge >= 0.3 is 0 Å². The van der Waals surface area contributed by atoms with Gasteiger partial charge in [-0.05, 0) is 56.7 Å². The van der Waals surface area contributed by atoms with Crippen LogP contribution in [-0.2, 0) is 4.79 Å². The lowest BCUT2D eigenvalue weighted by atomic mass is 9.79. The van der Waals surface area contributed by atoms with E-state index in [1.165, 1.54) is 0 Å². The molecule has 2 fully saturated rings. The molecule has 1 unspecified atom stereocenters. The van der Waals surface area contributed by atoms with Crippen LogP contribution in [0.2, 0.25) is 0 Å². The fraction of sp³-hybridized carbons (Fsp3) is 0.524. The molecule has 5 rings (SSSR count). The Balaban J connectivity index is 1.14. The Hall–Kier alpha value is -2.54. The van der Waals surface area contributed by atoms with Gasteiger partial charge < -0.3 is 10.6 Å². The second kappa shape index (κ2) is 7.13. The van der Waals surface area contributed by atoms with Crippen LogP contribution in [0.3, 0.4) is 0 Å². The highest BCUT2D eigenvalue weighted by molar-refractivity contribution is 5.87. The summed E-state index contributed by atoms with van der Waals surface area (Å²) < 4.78 is 0. The molecule has 4 heterocycles. The van der Waals surface area contributed by atoms with Gasteiger partial charge in [0.15, 0.2) is 5.82 Å². The van der Waals surface area contributed by atoms with Crippen molar-refractivity contribution in [1.29, 1.82) is 0 Å². The van der Waals surface area contributed by atoms with E-state index in [0.717, 1.165) is 68.6 Å². The summed E-state index contributed by atoms with van der Waals surface area (Å²) in [5.74, 6) is 1.54. The molecule has 28 heavy (non-hydrogen) atoms. The number of pyridine rings is 1. The average molecular weight is 378 g/mol. The van der Waals surface area contributed by atoms with Gasteiger partial charge in [-0.15, -0.1) is 0 Å². The van der Waals surface area contributed by atoms with Gasteiger partial charge in [-0.2, -0.15) is 0 Å². The molecule has 0 bridgehead atoms. The Kier molecular flexibility index (Phi) is 4.47. The van der Waals surface area contributed by atoms with Gasteiger partial charge in [0.2, 0.25) is 5.91 Å². The van der Waals surface area contributed by atoms with Gasteiger partial charge in [-0.1, -0.05) is 12.2 Å². The van der Waals surface area contributed by atoms with E-state index in [9.17, 15) is 4.79 Å². The van der Waals surface area contributed by atoms with Crippen LogP contribution in [0.1, 0.15) is 32.1 Å². The summed E-state index contributed by atoms with van der Waals surface area (Å²) in [5, 5.41) is 6.74. The first kappa shape index (κ1) is 17.6. The van der Waals surface area contributed by atoms with Crippen LogP contribution >= 0.6 is 0 Å². The van der Waals surface area contributed by atoms with Crippen LogP contribution in [0, 0.1) is 5.92 Å². The highest BCUT2D eigenvalue weighted by Gasteiger charge is 2.47. The Morgan fingerprint density at radius 3 is 3.11 bits per heavy atom. The van der Waals surface area contributed by atoms with Crippen LogP contribution in [0.15, 0.2) is 36.8 Å². The Labute approximate surface area is 164 Å². The van der Waals surface area contributed by atoms with Gasteiger partial charge in [-0.3, -0.25) is 14.7 Å². The van der Waals surface area contributed by atoms with E-state index in [1.54, 1.807) is 12.5 Å². The molecular weight excluding hydrogens is 352 g/mol. The summed E-state index contributed by atoms with van der Waals surface area (Å²) in [6.45, 7) is 2.71. The van der Waals surface area contributed by atoms with Crippen molar-refractivity contribution in [3.05, 3.63) is 36.8 Å². The zero-order valence-corrected chi connectivity index (χ0v) is 16.0. The van der Waals surface area contributed by atoms with Crippen LogP contribution in [-0.4, -0.2) is 57.0 Å². The number of nitrogens with one attached hydrogen (secondary N) is 2. The Morgan fingerprint density at radius 1 is 1.25 bits per heavy atom. The molecule has 2 aliphatic heterocycles. The summed E-state index contributed by atoms with van der Waals surface area (Å²) in [6, 6.07) is 4.20. The predicted octanol–water partition coefficient (Wildman–Crippen LogP) is 2.13. The number of fused-ring (bicyclic) bond motifs is 2. The van der Waals surface area contributed by atoms with Gasteiger partial charge in [0.05, 0.1) is 5.52 Å². The van der Waals surface area contributed by atoms with Crippen molar-refractivity contribution in [1.82, 2.24) is 25.2 Å². The lowest BCUT2D eigenvalue weighted by molar-refractivity contribution is -0.132. The summed E-state index contributed by atoms with van der Waals surface area (Å²) in [4.78, 5) is 28.3. The van der Waals surface area contributed by atoms with E-state index in [1.807, 2.05) is 12.1 Å². The Morgan fingerprint density at radius 2 is 2.18 bits per heavy atom. The molecule has 146 valence electrons. The molecular formula is C21H26N6O. The summed E-state index contributed by atoms with van der Waals surface area (Å²) in [5.41, 5.74) is 1.37. The molecule has 2 aromatic heterocycles. The van der Waals surface area contributed by atoms with Crippen molar-refractivity contribution >= 4 is 22.8 Å². The van der Waals surface area contributed by atoms with Crippen molar-refractivity contribution in [2.24, 2.45) is 5.92 Å². The van der Waals surface area contributed by atoms with Crippen LogP contribution in [0.4, 0.5) is 5.82 Å². The van der Waals surface area contributed by atoms with Gasteiger partial charge in [0, 0.05) is 25.3 Å². The predicted molar refractivity (Wildman–Crippen MR) is 108 cm³/mol. The number of rotatable bonds is 5. The van der Waals surface area contributed by atoms with Crippen LogP contribution in [0.25, 0.3) is 11.0 Å². The number of nitrogens with zero attached hydrogens (tertiary/aromatic N) is 4. The molecule has 1 atom stereocenters. The first-order valence-electron chi connectivity index (χ1n) is 10.3. The number of carbonyl (C=O) groups excluding carboxylic acids is 1. The quantitative estimate of drug-likeness (QED) is 0.776. The lowest BCUT2D eigenvalue weighted by Gasteiger charge is -2.40. The average Bonchev–Trinajstić information content (AvgIpc) is 3.15. The van der Waals surface area contributed by atoms with Crippen molar-refractivity contribution in [3.63, 3.8) is 0 Å². The minimum absolute atomic E-state index is 0.219. The van der Waals surface area contributed by atoms with Crippen LogP contribution < -0.4 is 10.6 Å². The zero-order valence-electron chi connectivity index (χ0n) is 16.0. The fourth-order valence-corrected chi connectivity index (χ4v) is 4.88. The maximum absolute atomic E-state index is 12.9. The third-order valence-corrected chi connectivity index (χ3v) is 6.52. The molecule has 1 saturated carbocycles. The highest BCUT2D eigenvalue weighted by atomic mass is 16.2.